The molecule has 1 aromatic rings. The summed E-state index contributed by atoms with van der Waals surface area (Å²) in [5.41, 5.74) is 1.39. The van der Waals surface area contributed by atoms with E-state index in [1.54, 1.807) is 0 Å². The molecule has 2 fully saturated rings. The van der Waals surface area contributed by atoms with Crippen molar-refractivity contribution in [1.82, 2.24) is 4.90 Å². The van der Waals surface area contributed by atoms with Crippen LogP contribution in [0.15, 0.2) is 30.3 Å². The summed E-state index contributed by atoms with van der Waals surface area (Å²) in [6.45, 7) is 7.28. The Morgan fingerprint density at radius 2 is 1.47 bits per heavy atom. The lowest BCUT2D eigenvalue weighted by molar-refractivity contribution is 0.133. The van der Waals surface area contributed by atoms with E-state index < -0.39 is 0 Å². The number of piperazine rings is 1. The summed E-state index contributed by atoms with van der Waals surface area (Å²) < 4.78 is 0. The maximum Gasteiger partial charge on any atom is 0.0367 e. The fourth-order valence-electron chi connectivity index (χ4n) is 3.59. The van der Waals surface area contributed by atoms with Crippen LogP contribution < -0.4 is 4.90 Å². The highest BCUT2D eigenvalue weighted by Crippen LogP contribution is 2.28. The van der Waals surface area contributed by atoms with Gasteiger partial charge in [-0.2, -0.15) is 0 Å². The van der Waals surface area contributed by atoms with E-state index in [4.69, 9.17) is 0 Å². The number of rotatable bonds is 2. The molecule has 1 aliphatic heterocycles. The van der Waals surface area contributed by atoms with Gasteiger partial charge in [-0.3, -0.25) is 4.90 Å². The minimum absolute atomic E-state index is 0.870. The van der Waals surface area contributed by atoms with E-state index in [1.807, 2.05) is 0 Å². The van der Waals surface area contributed by atoms with Crippen molar-refractivity contribution in [3.05, 3.63) is 30.3 Å². The number of nitrogens with zero attached hydrogens (tertiary/aromatic N) is 2. The number of para-hydroxylation sites is 1. The quantitative estimate of drug-likeness (QED) is 0.802. The van der Waals surface area contributed by atoms with Crippen LogP contribution in [0.4, 0.5) is 5.69 Å². The highest BCUT2D eigenvalue weighted by Gasteiger charge is 2.26. The third-order valence-corrected chi connectivity index (χ3v) is 4.94. The van der Waals surface area contributed by atoms with Crippen molar-refractivity contribution >= 4 is 5.69 Å². The summed E-state index contributed by atoms with van der Waals surface area (Å²) in [5, 5.41) is 0. The van der Waals surface area contributed by atoms with Crippen molar-refractivity contribution in [2.24, 2.45) is 5.92 Å². The van der Waals surface area contributed by atoms with Crippen LogP contribution in [0.3, 0.4) is 0 Å². The first kappa shape index (κ1) is 13.0. The summed E-state index contributed by atoms with van der Waals surface area (Å²) in [7, 11) is 0. The summed E-state index contributed by atoms with van der Waals surface area (Å²) in [4.78, 5) is 5.27. The molecule has 2 heteroatoms. The molecule has 1 saturated carbocycles. The molecule has 0 radical (unpaired) electrons. The van der Waals surface area contributed by atoms with Crippen LogP contribution in [0, 0.1) is 5.92 Å². The Labute approximate surface area is 117 Å². The fourth-order valence-corrected chi connectivity index (χ4v) is 3.59. The molecule has 2 aliphatic rings. The molecule has 0 aromatic heterocycles. The van der Waals surface area contributed by atoms with Gasteiger partial charge >= 0.3 is 0 Å². The van der Waals surface area contributed by atoms with Crippen LogP contribution in [0.5, 0.6) is 0 Å². The Hall–Kier alpha value is -1.02. The molecule has 0 spiro atoms. The molecule has 104 valence electrons. The number of anilines is 1. The SMILES string of the molecule is CC1CCC(N2CCN(c3ccccc3)CC2)CC1. The third-order valence-electron chi connectivity index (χ3n) is 4.94. The van der Waals surface area contributed by atoms with Crippen molar-refractivity contribution in [3.63, 3.8) is 0 Å². The summed E-state index contributed by atoms with van der Waals surface area (Å²) in [6.07, 6.45) is 5.71. The molecule has 2 nitrogen and oxygen atoms in total. The molecule has 19 heavy (non-hydrogen) atoms. The van der Waals surface area contributed by atoms with Gasteiger partial charge < -0.3 is 4.90 Å². The first-order valence-electron chi connectivity index (χ1n) is 7.87. The highest BCUT2D eigenvalue weighted by atomic mass is 15.3. The molecule has 0 bridgehead atoms. The smallest absolute Gasteiger partial charge is 0.0367 e. The fraction of sp³-hybridized carbons (Fsp3) is 0.647. The van der Waals surface area contributed by atoms with Gasteiger partial charge in [0.1, 0.15) is 0 Å². The Bertz CT molecular complexity index is 374. The van der Waals surface area contributed by atoms with Crippen LogP contribution >= 0.6 is 0 Å². The summed E-state index contributed by atoms with van der Waals surface area (Å²) in [5.74, 6) is 0.960. The van der Waals surface area contributed by atoms with E-state index in [0.717, 1.165) is 12.0 Å². The molecule has 0 N–H and O–H groups in total. The van der Waals surface area contributed by atoms with Gasteiger partial charge in [0.15, 0.2) is 0 Å². The minimum Gasteiger partial charge on any atom is -0.369 e. The number of hydrogen-bond donors (Lipinski definition) is 0. The second-order valence-electron chi connectivity index (χ2n) is 6.27. The van der Waals surface area contributed by atoms with E-state index >= 15 is 0 Å². The zero-order valence-electron chi connectivity index (χ0n) is 12.1. The Balaban J connectivity index is 1.52. The van der Waals surface area contributed by atoms with E-state index in [9.17, 15) is 0 Å². The average molecular weight is 258 g/mol. The molecule has 1 aliphatic carbocycles. The zero-order chi connectivity index (χ0) is 13.1. The van der Waals surface area contributed by atoms with Crippen LogP contribution in [-0.4, -0.2) is 37.1 Å². The number of hydrogen-bond acceptors (Lipinski definition) is 2. The molecule has 0 amide bonds. The second kappa shape index (κ2) is 5.96. The predicted molar refractivity (Wildman–Crippen MR) is 81.6 cm³/mol. The van der Waals surface area contributed by atoms with Crippen LogP contribution in [0.25, 0.3) is 0 Å². The summed E-state index contributed by atoms with van der Waals surface area (Å²) >= 11 is 0. The molecular weight excluding hydrogens is 232 g/mol. The largest absolute Gasteiger partial charge is 0.369 e. The van der Waals surface area contributed by atoms with Gasteiger partial charge in [-0.25, -0.2) is 0 Å². The molecule has 1 saturated heterocycles. The molecule has 0 unspecified atom stereocenters. The van der Waals surface area contributed by atoms with Crippen LogP contribution in [0.2, 0.25) is 0 Å². The van der Waals surface area contributed by atoms with Crippen molar-refractivity contribution in [1.29, 1.82) is 0 Å². The van der Waals surface area contributed by atoms with Crippen molar-refractivity contribution in [2.45, 2.75) is 38.6 Å². The van der Waals surface area contributed by atoms with E-state index in [-0.39, 0.29) is 0 Å². The first-order valence-corrected chi connectivity index (χ1v) is 7.87. The zero-order valence-corrected chi connectivity index (χ0v) is 12.1. The van der Waals surface area contributed by atoms with Gasteiger partial charge in [-0.1, -0.05) is 25.1 Å². The van der Waals surface area contributed by atoms with Crippen LogP contribution in [0.1, 0.15) is 32.6 Å². The summed E-state index contributed by atoms with van der Waals surface area (Å²) in [6, 6.07) is 11.7. The van der Waals surface area contributed by atoms with Gasteiger partial charge in [0.05, 0.1) is 0 Å². The van der Waals surface area contributed by atoms with Crippen LogP contribution in [-0.2, 0) is 0 Å². The van der Waals surface area contributed by atoms with Gasteiger partial charge in [0.2, 0.25) is 0 Å². The maximum atomic E-state index is 2.74. The lowest BCUT2D eigenvalue weighted by Gasteiger charge is -2.42. The Morgan fingerprint density at radius 1 is 0.842 bits per heavy atom. The van der Waals surface area contributed by atoms with Gasteiger partial charge in [-0.15, -0.1) is 0 Å². The Morgan fingerprint density at radius 3 is 2.11 bits per heavy atom. The molecule has 1 heterocycles. The van der Waals surface area contributed by atoms with Gasteiger partial charge in [-0.05, 0) is 43.7 Å². The minimum atomic E-state index is 0.870. The number of benzene rings is 1. The topological polar surface area (TPSA) is 6.48 Å². The molecule has 3 rings (SSSR count). The molecule has 0 atom stereocenters. The lowest BCUT2D eigenvalue weighted by Crippen LogP contribution is -2.51. The monoisotopic (exact) mass is 258 g/mol. The second-order valence-corrected chi connectivity index (χ2v) is 6.27. The Kier molecular flexibility index (Phi) is 4.07. The molecule has 1 aromatic carbocycles. The predicted octanol–water partition coefficient (Wildman–Crippen LogP) is 3.39. The molecular formula is C17H26N2. The van der Waals surface area contributed by atoms with Crippen molar-refractivity contribution in [3.8, 4) is 0 Å². The lowest BCUT2D eigenvalue weighted by atomic mass is 9.86. The third kappa shape index (κ3) is 3.11. The van der Waals surface area contributed by atoms with Gasteiger partial charge in [0.25, 0.3) is 0 Å². The van der Waals surface area contributed by atoms with E-state index in [2.05, 4.69) is 47.1 Å². The van der Waals surface area contributed by atoms with Crippen molar-refractivity contribution < 1.29 is 0 Å². The van der Waals surface area contributed by atoms with Crippen molar-refractivity contribution in [2.75, 3.05) is 31.1 Å². The van der Waals surface area contributed by atoms with Gasteiger partial charge in [0, 0.05) is 37.9 Å². The van der Waals surface area contributed by atoms with E-state index in [1.165, 1.54) is 57.5 Å². The highest BCUT2D eigenvalue weighted by molar-refractivity contribution is 5.46. The standard InChI is InChI=1S/C17H26N2/c1-15-7-9-17(10-8-15)19-13-11-18(12-14-19)16-5-3-2-4-6-16/h2-6,15,17H,7-14H2,1H3. The van der Waals surface area contributed by atoms with E-state index in [0.29, 0.717) is 0 Å². The first-order chi connectivity index (χ1) is 9.33. The average Bonchev–Trinajstić information content (AvgIpc) is 2.49. The normalized spacial score (nSPS) is 29.4. The maximum absolute atomic E-state index is 2.74.